The van der Waals surface area contributed by atoms with Crippen LogP contribution in [-0.2, 0) is 20.0 Å². The Morgan fingerprint density at radius 1 is 0.569 bits per heavy atom. The maximum Gasteiger partial charge on any atom is -1.00 e. The molecule has 3 aliphatic carbocycles. The molecule has 4 aliphatic rings. The number of hydrogen-bond donors (Lipinski definition) is 0. The van der Waals surface area contributed by atoms with Crippen LogP contribution in [0.1, 0.15) is 108 Å². The van der Waals surface area contributed by atoms with E-state index < -0.39 is 20.0 Å². The fourth-order valence-corrected chi connectivity index (χ4v) is 46.0. The van der Waals surface area contributed by atoms with Gasteiger partial charge in [-0.2, -0.15) is 0 Å². The predicted molar refractivity (Wildman–Crippen MR) is 203 cm³/mol. The molecule has 1 saturated carbocycles. The minimum absolute atomic E-state index is 0. The number of unbranched alkanes of at least 4 members (excludes halogenated alkanes) is 2. The van der Waals surface area contributed by atoms with E-state index in [0.717, 1.165) is 18.8 Å². The Kier molecular flexibility index (Phi) is 12.1. The molecule has 8 rings (SSSR count). The Labute approximate surface area is 323 Å². The van der Waals surface area contributed by atoms with E-state index in [1.165, 1.54) is 97.6 Å². The molecular weight excluding hydrogens is 834 g/mol. The van der Waals surface area contributed by atoms with Crippen molar-refractivity contribution in [1.82, 2.24) is 0 Å². The molecule has 0 radical (unpaired) electrons. The summed E-state index contributed by atoms with van der Waals surface area (Å²) in [5.74, 6) is 1.85. The van der Waals surface area contributed by atoms with E-state index in [2.05, 4.69) is 111 Å². The summed E-state index contributed by atoms with van der Waals surface area (Å²) in [5, 5.41) is 0. The summed E-state index contributed by atoms with van der Waals surface area (Å²) in [6.07, 6.45) is 18.8. The Balaban J connectivity index is 0.00000224. The van der Waals surface area contributed by atoms with Crippen molar-refractivity contribution >= 4 is 12.2 Å². The molecule has 2 nitrogen and oxygen atoms in total. The Bertz CT molecular complexity index is 1750. The van der Waals surface area contributed by atoms with Crippen molar-refractivity contribution in [2.75, 3.05) is 14.2 Å². The van der Waals surface area contributed by atoms with Gasteiger partial charge in [0, 0.05) is 0 Å². The van der Waals surface area contributed by atoms with Crippen molar-refractivity contribution < 1.29 is 54.3 Å². The Morgan fingerprint density at radius 3 is 1.35 bits per heavy atom. The number of benzene rings is 4. The van der Waals surface area contributed by atoms with Crippen LogP contribution in [0.2, 0.25) is 7.35 Å². The third kappa shape index (κ3) is 6.52. The van der Waals surface area contributed by atoms with E-state index >= 15 is 0 Å². The fourth-order valence-electron chi connectivity index (χ4n) is 10.6. The fraction of sp³-hybridized carbons (Fsp3) is 0.391. The molecule has 1 saturated heterocycles. The third-order valence-electron chi connectivity index (χ3n) is 12.7. The van der Waals surface area contributed by atoms with Crippen LogP contribution in [0.5, 0.6) is 11.5 Å². The maximum atomic E-state index is 5.54. The number of hydrogen-bond acceptors (Lipinski definition) is 2. The zero-order valence-electron chi connectivity index (χ0n) is 30.7. The number of allylic oxidation sites excluding steroid dienone is 2. The van der Waals surface area contributed by atoms with Gasteiger partial charge in [-0.15, -0.1) is 0 Å². The van der Waals surface area contributed by atoms with E-state index in [9.17, 15) is 0 Å². The molecule has 1 aliphatic heterocycles. The van der Waals surface area contributed by atoms with Crippen LogP contribution in [0.3, 0.4) is 0 Å². The van der Waals surface area contributed by atoms with Crippen LogP contribution in [0.15, 0.2) is 96.1 Å². The molecule has 0 N–H and O–H groups in total. The van der Waals surface area contributed by atoms with Crippen LogP contribution >= 0.6 is 0 Å². The Hall–Kier alpha value is -2.59. The summed E-state index contributed by atoms with van der Waals surface area (Å²) in [7, 11) is 3.52. The largest absolute Gasteiger partial charge is 1.00 e. The molecular formula is C46H52Cl2HfO2. The first-order valence-corrected chi connectivity index (χ1v) is 27.4. The second kappa shape index (κ2) is 16.2. The number of rotatable bonds is 12. The van der Waals surface area contributed by atoms with Gasteiger partial charge in [0.05, 0.1) is 0 Å². The van der Waals surface area contributed by atoms with Crippen molar-refractivity contribution in [2.24, 2.45) is 0 Å². The molecule has 4 unspecified atom stereocenters. The molecule has 0 aromatic heterocycles. The van der Waals surface area contributed by atoms with Crippen LogP contribution < -0.4 is 34.3 Å². The molecule has 1 heterocycles. The minimum Gasteiger partial charge on any atom is -1.00 e. The third-order valence-corrected chi connectivity index (χ3v) is 37.6. The molecule has 266 valence electrons. The molecule has 2 fully saturated rings. The normalized spacial score (nSPS) is 22.6. The van der Waals surface area contributed by atoms with Crippen LogP contribution in [-0.4, -0.2) is 14.2 Å². The average Bonchev–Trinajstić information content (AvgIpc) is 3.43. The zero-order chi connectivity index (χ0) is 33.5. The topological polar surface area (TPSA) is 18.5 Å². The van der Waals surface area contributed by atoms with Gasteiger partial charge in [-0.1, -0.05) is 0 Å². The second-order valence-electron chi connectivity index (χ2n) is 15.1. The average molecular weight is 886 g/mol. The van der Waals surface area contributed by atoms with Gasteiger partial charge in [0.2, 0.25) is 0 Å². The molecule has 4 atom stereocenters. The van der Waals surface area contributed by atoms with Gasteiger partial charge in [-0.05, 0) is 0 Å². The monoisotopic (exact) mass is 886 g/mol. The van der Waals surface area contributed by atoms with Crippen molar-refractivity contribution in [1.29, 1.82) is 0 Å². The first kappa shape index (κ1) is 38.1. The van der Waals surface area contributed by atoms with Crippen molar-refractivity contribution in [3.8, 4) is 33.8 Å². The number of ether oxygens (including phenoxy) is 2. The summed E-state index contributed by atoms with van der Waals surface area (Å²) in [5.41, 5.74) is 15.4. The molecule has 51 heavy (non-hydrogen) atoms. The van der Waals surface area contributed by atoms with Crippen LogP contribution in [0, 0.1) is 0 Å². The first-order chi connectivity index (χ1) is 24.1. The minimum atomic E-state index is -3.28. The first-order valence-electron chi connectivity index (χ1n) is 19.1. The van der Waals surface area contributed by atoms with Crippen LogP contribution in [0.25, 0.3) is 34.4 Å². The van der Waals surface area contributed by atoms with Crippen molar-refractivity contribution in [3.05, 3.63) is 118 Å². The van der Waals surface area contributed by atoms with Gasteiger partial charge >= 0.3 is 301 Å². The van der Waals surface area contributed by atoms with E-state index in [1.807, 2.05) is 0 Å². The van der Waals surface area contributed by atoms with Gasteiger partial charge in [0.1, 0.15) is 0 Å². The van der Waals surface area contributed by atoms with E-state index in [4.69, 9.17) is 9.47 Å². The standard InChI is InChI=1S/2C20H21O.C6H10.2ClH.Hf/c2*1-3-4-6-15-13-17-7-5-8-19(20(17)14-15)16-9-11-18(21-2)12-10-16;1-2-4-6-5-3-1;;;/h2*5,7-14H,3-4,6H2,1-2H3;1-2H,3-6H2;2*1H;/q;;;;;+2/p-2. The number of methoxy groups -OCH3 is 2. The quantitative estimate of drug-likeness (QED) is 0.139. The summed E-state index contributed by atoms with van der Waals surface area (Å²) < 4.78 is 14.4. The van der Waals surface area contributed by atoms with E-state index in [1.54, 1.807) is 36.5 Å². The molecule has 4 aromatic carbocycles. The summed E-state index contributed by atoms with van der Waals surface area (Å²) in [6, 6.07) is 32.2. The molecule has 0 amide bonds. The van der Waals surface area contributed by atoms with Gasteiger partial charge < -0.3 is 24.8 Å². The predicted octanol–water partition coefficient (Wildman–Crippen LogP) is 7.32. The van der Waals surface area contributed by atoms with Gasteiger partial charge in [0.15, 0.2) is 0 Å². The zero-order valence-corrected chi connectivity index (χ0v) is 35.8. The molecule has 0 bridgehead atoms. The number of halogens is 2. The summed E-state index contributed by atoms with van der Waals surface area (Å²) in [4.78, 5) is 0. The smallest absolute Gasteiger partial charge is 1.00 e. The van der Waals surface area contributed by atoms with Crippen LogP contribution in [0.4, 0.5) is 0 Å². The second-order valence-corrected chi connectivity index (χ2v) is 31.7. The van der Waals surface area contributed by atoms with E-state index in [-0.39, 0.29) is 24.8 Å². The molecule has 4 aromatic rings. The van der Waals surface area contributed by atoms with Crippen molar-refractivity contribution in [2.45, 2.75) is 92.8 Å². The van der Waals surface area contributed by atoms with Gasteiger partial charge in [-0.25, -0.2) is 0 Å². The van der Waals surface area contributed by atoms with Gasteiger partial charge in [-0.3, -0.25) is 0 Å². The molecule has 0 spiro atoms. The van der Waals surface area contributed by atoms with Gasteiger partial charge in [0.25, 0.3) is 0 Å². The maximum absolute atomic E-state index is 5.54. The van der Waals surface area contributed by atoms with E-state index in [0.29, 0.717) is 7.35 Å². The Morgan fingerprint density at radius 2 is 0.980 bits per heavy atom. The number of fused-ring (bicyclic) bond motifs is 3. The molecule has 5 heteroatoms. The summed E-state index contributed by atoms with van der Waals surface area (Å²) >= 11 is -3.28. The summed E-state index contributed by atoms with van der Waals surface area (Å²) in [6.45, 7) is 4.74. The SMILES string of the molecule is CCCCC1=Cc2c(-c3ccc(OC)cc3)cccc2[CH]1[Hf+2]1([CH]2C(CCCC)=Cc3c(-c4ccc(OC)cc4)cccc32)[CH]2CCCC[CH]21.[Cl-].[Cl-]. The van der Waals surface area contributed by atoms with Crippen molar-refractivity contribution in [3.63, 3.8) is 0 Å².